The van der Waals surface area contributed by atoms with Crippen LogP contribution in [0.15, 0.2) is 59.5 Å². The Morgan fingerprint density at radius 3 is 2.16 bits per heavy atom. The van der Waals surface area contributed by atoms with Crippen LogP contribution in [0.4, 0.5) is 5.69 Å². The summed E-state index contributed by atoms with van der Waals surface area (Å²) in [5.41, 5.74) is 3.33. The van der Waals surface area contributed by atoms with Crippen LogP contribution in [0.3, 0.4) is 0 Å². The van der Waals surface area contributed by atoms with Gasteiger partial charge in [-0.05, 0) is 67.3 Å². The molecule has 38 heavy (non-hydrogen) atoms. The normalized spacial score (nSPS) is 12.0. The Balaban J connectivity index is 2.04. The number of rotatable bonds is 11. The molecular weight excluding hydrogens is 528 g/mol. The molecule has 1 amide bonds. The lowest BCUT2D eigenvalue weighted by Crippen LogP contribution is -2.42. The molecule has 10 heteroatoms. The van der Waals surface area contributed by atoms with Gasteiger partial charge in [-0.25, -0.2) is 8.42 Å². The van der Waals surface area contributed by atoms with Crippen LogP contribution in [0.2, 0.25) is 5.02 Å². The van der Waals surface area contributed by atoms with Crippen molar-refractivity contribution in [3.05, 3.63) is 76.3 Å². The summed E-state index contributed by atoms with van der Waals surface area (Å²) >= 11 is 6.24. The zero-order valence-corrected chi connectivity index (χ0v) is 23.9. The number of carbonyl (C=O) groups is 1. The molecule has 1 atom stereocenters. The summed E-state index contributed by atoms with van der Waals surface area (Å²) in [4.78, 5) is 13.3. The van der Waals surface area contributed by atoms with Crippen LogP contribution in [0.25, 0.3) is 0 Å². The van der Waals surface area contributed by atoms with Crippen LogP contribution in [-0.4, -0.2) is 42.2 Å². The van der Waals surface area contributed by atoms with E-state index in [4.69, 9.17) is 25.8 Å². The fraction of sp³-hybridized carbons (Fsp3) is 0.321. The summed E-state index contributed by atoms with van der Waals surface area (Å²) in [6.45, 7) is 5.48. The Morgan fingerprint density at radius 2 is 1.55 bits per heavy atom. The fourth-order valence-electron chi connectivity index (χ4n) is 4.03. The number of benzene rings is 3. The Morgan fingerprint density at radius 1 is 0.895 bits per heavy atom. The molecule has 0 aliphatic carbocycles. The minimum absolute atomic E-state index is 0.0915. The maximum absolute atomic E-state index is 14.0. The van der Waals surface area contributed by atoms with E-state index in [1.807, 2.05) is 39.0 Å². The number of sulfonamides is 1. The van der Waals surface area contributed by atoms with E-state index in [2.05, 4.69) is 5.32 Å². The number of nitrogens with zero attached hydrogens (tertiary/aromatic N) is 1. The average Bonchev–Trinajstić information content (AvgIpc) is 2.91. The third-order valence-electron chi connectivity index (χ3n) is 6.32. The second-order valence-corrected chi connectivity index (χ2v) is 11.0. The highest BCUT2D eigenvalue weighted by Gasteiger charge is 2.31. The third kappa shape index (κ3) is 6.34. The van der Waals surface area contributed by atoms with Crippen molar-refractivity contribution in [1.82, 2.24) is 5.32 Å². The summed E-state index contributed by atoms with van der Waals surface area (Å²) in [5.74, 6) is 0.362. The predicted molar refractivity (Wildman–Crippen MR) is 149 cm³/mol. The van der Waals surface area contributed by atoms with Gasteiger partial charge in [0.15, 0.2) is 11.5 Å². The third-order valence-corrected chi connectivity index (χ3v) is 8.31. The SMILES string of the molecule is CCC(NC(=O)CN(c1cc(Cl)ccc1OC)S(=O)(=O)c1ccc(OC)c(OC)c1)c1ccc(C)c(C)c1. The van der Waals surface area contributed by atoms with E-state index in [1.165, 1.54) is 45.6 Å². The smallest absolute Gasteiger partial charge is 0.265 e. The number of ether oxygens (including phenoxy) is 3. The molecule has 0 saturated carbocycles. The molecular formula is C28H33ClN2O6S. The van der Waals surface area contributed by atoms with Crippen LogP contribution in [-0.2, 0) is 14.8 Å². The van der Waals surface area contributed by atoms with Crippen molar-refractivity contribution in [1.29, 1.82) is 0 Å². The lowest BCUT2D eigenvalue weighted by Gasteiger charge is -2.27. The lowest BCUT2D eigenvalue weighted by molar-refractivity contribution is -0.120. The van der Waals surface area contributed by atoms with Gasteiger partial charge in [-0.15, -0.1) is 0 Å². The van der Waals surface area contributed by atoms with Crippen molar-refractivity contribution in [2.45, 2.75) is 38.1 Å². The van der Waals surface area contributed by atoms with Crippen molar-refractivity contribution >= 4 is 33.2 Å². The molecule has 0 aromatic heterocycles. The molecule has 0 heterocycles. The molecule has 0 bridgehead atoms. The van der Waals surface area contributed by atoms with E-state index >= 15 is 0 Å². The first-order valence-electron chi connectivity index (χ1n) is 12.0. The van der Waals surface area contributed by atoms with E-state index in [1.54, 1.807) is 12.1 Å². The first-order valence-corrected chi connectivity index (χ1v) is 13.8. The van der Waals surface area contributed by atoms with Crippen molar-refractivity contribution in [3.8, 4) is 17.2 Å². The zero-order valence-electron chi connectivity index (χ0n) is 22.4. The molecule has 1 N–H and O–H groups in total. The molecule has 204 valence electrons. The highest BCUT2D eigenvalue weighted by Crippen LogP contribution is 2.37. The van der Waals surface area contributed by atoms with Crippen LogP contribution < -0.4 is 23.8 Å². The van der Waals surface area contributed by atoms with E-state index in [-0.39, 0.29) is 33.1 Å². The van der Waals surface area contributed by atoms with Gasteiger partial charge in [0.1, 0.15) is 12.3 Å². The first kappa shape index (κ1) is 29.1. The summed E-state index contributed by atoms with van der Waals surface area (Å²) in [5, 5.41) is 3.27. The quantitative estimate of drug-likeness (QED) is 0.335. The van der Waals surface area contributed by atoms with E-state index in [0.717, 1.165) is 21.0 Å². The Kier molecular flexibility index (Phi) is 9.51. The molecule has 0 fully saturated rings. The number of hydrogen-bond donors (Lipinski definition) is 1. The Labute approximate surface area is 229 Å². The monoisotopic (exact) mass is 560 g/mol. The van der Waals surface area contributed by atoms with Gasteiger partial charge in [0.2, 0.25) is 5.91 Å². The molecule has 0 saturated heterocycles. The predicted octanol–water partition coefficient (Wildman–Crippen LogP) is 5.45. The van der Waals surface area contributed by atoms with Gasteiger partial charge < -0.3 is 19.5 Å². The molecule has 0 aliphatic heterocycles. The van der Waals surface area contributed by atoms with Gasteiger partial charge in [-0.1, -0.05) is 36.7 Å². The lowest BCUT2D eigenvalue weighted by atomic mass is 9.99. The van der Waals surface area contributed by atoms with Crippen LogP contribution in [0, 0.1) is 13.8 Å². The highest BCUT2D eigenvalue weighted by molar-refractivity contribution is 7.92. The molecule has 0 spiro atoms. The standard InChI is InChI=1S/C28H33ClN2O6S/c1-7-23(20-9-8-18(2)19(3)14-20)30-28(32)17-31(24-15-21(29)10-12-25(24)35-4)38(33,34)22-11-13-26(36-5)27(16-22)37-6/h8-16,23H,7,17H2,1-6H3,(H,30,32). The summed E-state index contributed by atoms with van der Waals surface area (Å²) in [6, 6.07) is 14.5. The van der Waals surface area contributed by atoms with Gasteiger partial charge >= 0.3 is 0 Å². The van der Waals surface area contributed by atoms with E-state index in [0.29, 0.717) is 12.2 Å². The molecule has 1 unspecified atom stereocenters. The summed E-state index contributed by atoms with van der Waals surface area (Å²) < 4.78 is 44.9. The Hall–Kier alpha value is -3.43. The number of anilines is 1. The molecule has 3 rings (SSSR count). The van der Waals surface area contributed by atoms with Crippen LogP contribution in [0.1, 0.15) is 36.1 Å². The second kappa shape index (κ2) is 12.4. The van der Waals surface area contributed by atoms with Crippen molar-refractivity contribution in [2.75, 3.05) is 32.2 Å². The van der Waals surface area contributed by atoms with Gasteiger partial charge in [0.05, 0.1) is 38.0 Å². The van der Waals surface area contributed by atoms with Crippen LogP contribution >= 0.6 is 11.6 Å². The zero-order chi connectivity index (χ0) is 28.0. The molecule has 3 aromatic rings. The first-order chi connectivity index (χ1) is 18.0. The number of nitrogens with one attached hydrogen (secondary N) is 1. The topological polar surface area (TPSA) is 94.2 Å². The number of aryl methyl sites for hydroxylation is 2. The van der Waals surface area contributed by atoms with Gasteiger partial charge in [0, 0.05) is 11.1 Å². The number of methoxy groups -OCH3 is 3. The van der Waals surface area contributed by atoms with Gasteiger partial charge in [0.25, 0.3) is 10.0 Å². The fourth-order valence-corrected chi connectivity index (χ4v) is 5.64. The maximum atomic E-state index is 14.0. The van der Waals surface area contributed by atoms with Crippen molar-refractivity contribution in [2.24, 2.45) is 0 Å². The highest BCUT2D eigenvalue weighted by atomic mass is 35.5. The molecule has 8 nitrogen and oxygen atoms in total. The molecule has 3 aromatic carbocycles. The van der Waals surface area contributed by atoms with Gasteiger partial charge in [-0.2, -0.15) is 0 Å². The average molecular weight is 561 g/mol. The number of hydrogen-bond acceptors (Lipinski definition) is 6. The Bertz CT molecular complexity index is 1410. The van der Waals surface area contributed by atoms with Gasteiger partial charge in [-0.3, -0.25) is 9.10 Å². The molecule has 0 radical (unpaired) electrons. The summed E-state index contributed by atoms with van der Waals surface area (Å²) in [7, 11) is 0.0116. The summed E-state index contributed by atoms with van der Waals surface area (Å²) in [6.07, 6.45) is 0.622. The molecule has 0 aliphatic rings. The number of amides is 1. The second-order valence-electron chi connectivity index (χ2n) is 8.72. The van der Waals surface area contributed by atoms with Crippen molar-refractivity contribution in [3.63, 3.8) is 0 Å². The minimum Gasteiger partial charge on any atom is -0.495 e. The van der Waals surface area contributed by atoms with Crippen molar-refractivity contribution < 1.29 is 27.4 Å². The largest absolute Gasteiger partial charge is 0.495 e. The van der Waals surface area contributed by atoms with E-state index < -0.39 is 22.5 Å². The maximum Gasteiger partial charge on any atom is 0.265 e. The van der Waals surface area contributed by atoms with E-state index in [9.17, 15) is 13.2 Å². The minimum atomic E-state index is -4.28. The van der Waals surface area contributed by atoms with Crippen LogP contribution in [0.5, 0.6) is 17.2 Å². The number of halogens is 1. The number of carbonyl (C=O) groups excluding carboxylic acids is 1.